The molecule has 228 valence electrons. The smallest absolute Gasteiger partial charge is 0.491 e. The van der Waals surface area contributed by atoms with Gasteiger partial charge in [-0.3, -0.25) is 9.69 Å². The highest BCUT2D eigenvalue weighted by Gasteiger charge is 2.43. The first-order valence-electron chi connectivity index (χ1n) is 14.3. The first kappa shape index (κ1) is 30.8. The molecule has 4 aromatic carbocycles. The molecule has 1 heterocycles. The Morgan fingerprint density at radius 1 is 0.818 bits per heavy atom. The number of hydrogen-bond donors (Lipinski definition) is 0. The summed E-state index contributed by atoms with van der Waals surface area (Å²) in [4.78, 5) is 25.4. The van der Waals surface area contributed by atoms with E-state index in [1.165, 1.54) is 16.7 Å². The molecule has 0 saturated carbocycles. The minimum Gasteiger partial charge on any atom is -0.492 e. The minimum absolute atomic E-state index is 0.000624. The molecule has 0 radical (unpaired) electrons. The number of rotatable bonds is 12. The van der Waals surface area contributed by atoms with Crippen LogP contribution in [0, 0.1) is 0 Å². The Labute approximate surface area is 254 Å². The van der Waals surface area contributed by atoms with E-state index < -0.39 is 30.5 Å². The highest BCUT2D eigenvalue weighted by molar-refractivity contribution is 5.88. The van der Waals surface area contributed by atoms with Crippen molar-refractivity contribution in [1.29, 1.82) is 0 Å². The SMILES string of the molecule is O=C(CC1COc2cc(OC[C@@H](Cc3ccccc3)N(Cc3ccccc3)Cc3ccccc3)ccc21)OC(=O)C(F)(F)F. The number of ether oxygens (including phenoxy) is 3. The molecule has 5 rings (SSSR count). The molecule has 0 bridgehead atoms. The van der Waals surface area contributed by atoms with Crippen LogP contribution in [-0.2, 0) is 33.8 Å². The Balaban J connectivity index is 1.31. The van der Waals surface area contributed by atoms with Crippen molar-refractivity contribution in [3.05, 3.63) is 131 Å². The van der Waals surface area contributed by atoms with Crippen LogP contribution in [0.4, 0.5) is 13.2 Å². The third kappa shape index (κ3) is 8.48. The van der Waals surface area contributed by atoms with Crippen molar-refractivity contribution < 1.29 is 37.0 Å². The molecule has 0 N–H and O–H groups in total. The second-order valence-electron chi connectivity index (χ2n) is 10.7. The number of carbonyl (C=O) groups excluding carboxylic acids is 2. The average molecular weight is 604 g/mol. The van der Waals surface area contributed by atoms with Crippen molar-refractivity contribution in [2.75, 3.05) is 13.2 Å². The molecule has 0 spiro atoms. The molecule has 2 atom stereocenters. The molecule has 44 heavy (non-hydrogen) atoms. The Morgan fingerprint density at radius 2 is 1.39 bits per heavy atom. The van der Waals surface area contributed by atoms with Gasteiger partial charge in [-0.25, -0.2) is 4.79 Å². The number of esters is 2. The number of benzene rings is 4. The quantitative estimate of drug-likeness (QED) is 0.130. The lowest BCUT2D eigenvalue weighted by atomic mass is 9.98. The van der Waals surface area contributed by atoms with Crippen LogP contribution in [0.25, 0.3) is 0 Å². The van der Waals surface area contributed by atoms with Gasteiger partial charge in [0.2, 0.25) is 0 Å². The summed E-state index contributed by atoms with van der Waals surface area (Å²) >= 11 is 0. The Morgan fingerprint density at radius 3 is 1.95 bits per heavy atom. The van der Waals surface area contributed by atoms with Crippen LogP contribution in [0.2, 0.25) is 0 Å². The molecule has 0 saturated heterocycles. The van der Waals surface area contributed by atoms with Crippen molar-refractivity contribution >= 4 is 11.9 Å². The number of halogens is 3. The summed E-state index contributed by atoms with van der Waals surface area (Å²) in [6.45, 7) is 1.90. The van der Waals surface area contributed by atoms with Gasteiger partial charge < -0.3 is 14.2 Å². The van der Waals surface area contributed by atoms with Crippen LogP contribution in [0.1, 0.15) is 34.6 Å². The molecular formula is C35H32F3NO5. The average Bonchev–Trinajstić information content (AvgIpc) is 3.41. The largest absolute Gasteiger partial charge is 0.492 e. The van der Waals surface area contributed by atoms with Gasteiger partial charge in [0.15, 0.2) is 0 Å². The predicted octanol–water partition coefficient (Wildman–Crippen LogP) is 6.88. The second-order valence-corrected chi connectivity index (χ2v) is 10.7. The molecule has 4 aromatic rings. The van der Waals surface area contributed by atoms with E-state index in [2.05, 4.69) is 46.0 Å². The van der Waals surface area contributed by atoms with Crippen molar-refractivity contribution in [2.45, 2.75) is 44.1 Å². The van der Waals surface area contributed by atoms with Gasteiger partial charge in [-0.2, -0.15) is 13.2 Å². The van der Waals surface area contributed by atoms with Crippen LogP contribution in [0.5, 0.6) is 11.5 Å². The van der Waals surface area contributed by atoms with Gasteiger partial charge in [-0.15, -0.1) is 0 Å². The number of fused-ring (bicyclic) bond motifs is 1. The topological polar surface area (TPSA) is 65.1 Å². The number of hydrogen-bond acceptors (Lipinski definition) is 6. The van der Waals surface area contributed by atoms with Crippen LogP contribution in [0.15, 0.2) is 109 Å². The van der Waals surface area contributed by atoms with Gasteiger partial charge in [0.1, 0.15) is 18.1 Å². The van der Waals surface area contributed by atoms with Crippen molar-refractivity contribution in [3.8, 4) is 11.5 Å². The minimum atomic E-state index is -5.23. The van der Waals surface area contributed by atoms with E-state index in [4.69, 9.17) is 9.47 Å². The lowest BCUT2D eigenvalue weighted by Gasteiger charge is -2.32. The van der Waals surface area contributed by atoms with Crippen LogP contribution >= 0.6 is 0 Å². The Hall–Kier alpha value is -4.63. The molecule has 0 aliphatic carbocycles. The van der Waals surface area contributed by atoms with E-state index >= 15 is 0 Å². The first-order chi connectivity index (χ1) is 21.2. The fraction of sp³-hybridized carbons (Fsp3) is 0.257. The fourth-order valence-electron chi connectivity index (χ4n) is 5.24. The molecular weight excluding hydrogens is 571 g/mol. The first-order valence-corrected chi connectivity index (χ1v) is 14.3. The zero-order valence-corrected chi connectivity index (χ0v) is 23.9. The number of nitrogens with zero attached hydrogens (tertiary/aromatic N) is 1. The monoisotopic (exact) mass is 603 g/mol. The second kappa shape index (κ2) is 14.2. The summed E-state index contributed by atoms with van der Waals surface area (Å²) in [7, 11) is 0. The van der Waals surface area contributed by atoms with E-state index in [1.807, 2.05) is 54.6 Å². The van der Waals surface area contributed by atoms with E-state index in [0.29, 0.717) is 23.7 Å². The molecule has 0 fully saturated rings. The summed E-state index contributed by atoms with van der Waals surface area (Å²) in [5, 5.41) is 0. The predicted molar refractivity (Wildman–Crippen MR) is 158 cm³/mol. The van der Waals surface area contributed by atoms with Gasteiger partial charge >= 0.3 is 18.1 Å². The molecule has 6 nitrogen and oxygen atoms in total. The van der Waals surface area contributed by atoms with E-state index in [0.717, 1.165) is 19.5 Å². The maximum Gasteiger partial charge on any atom is 0.491 e. The molecule has 9 heteroatoms. The Bertz CT molecular complexity index is 1490. The highest BCUT2D eigenvalue weighted by Crippen LogP contribution is 2.38. The third-order valence-electron chi connectivity index (χ3n) is 7.45. The fourth-order valence-corrected chi connectivity index (χ4v) is 5.24. The summed E-state index contributed by atoms with van der Waals surface area (Å²) < 4.78 is 53.4. The molecule has 0 amide bonds. The Kier molecular flexibility index (Phi) is 9.96. The molecule has 0 aromatic heterocycles. The van der Waals surface area contributed by atoms with Crippen LogP contribution in [-0.4, -0.2) is 42.3 Å². The molecule has 1 unspecified atom stereocenters. The molecule has 1 aliphatic heterocycles. The van der Waals surface area contributed by atoms with E-state index in [1.54, 1.807) is 18.2 Å². The van der Waals surface area contributed by atoms with Gasteiger partial charge in [0, 0.05) is 36.7 Å². The summed E-state index contributed by atoms with van der Waals surface area (Å²) in [5.41, 5.74) is 4.20. The van der Waals surface area contributed by atoms with Crippen molar-refractivity contribution in [2.24, 2.45) is 0 Å². The summed E-state index contributed by atoms with van der Waals surface area (Å²) in [6, 6.07) is 36.0. The maximum atomic E-state index is 12.5. The van der Waals surface area contributed by atoms with Gasteiger partial charge in [0.05, 0.1) is 13.0 Å². The lowest BCUT2D eigenvalue weighted by Crippen LogP contribution is -2.40. The normalized spacial score (nSPS) is 14.9. The standard InChI is InChI=1S/C35H32F3NO5/c36-35(37,38)34(41)44-33(40)19-28-23-43-32-20-30(16-17-31(28)32)42-24-29(18-25-10-4-1-5-11-25)39(21-26-12-6-2-7-13-26)22-27-14-8-3-9-15-27/h1-17,20,28-29H,18-19,21-24H2/t28?,29-/m1/s1. The van der Waals surface area contributed by atoms with Gasteiger partial charge in [-0.05, 0) is 29.2 Å². The summed E-state index contributed by atoms with van der Waals surface area (Å²) in [5.74, 6) is -3.27. The van der Waals surface area contributed by atoms with Crippen molar-refractivity contribution in [3.63, 3.8) is 0 Å². The number of carbonyl (C=O) groups is 2. The van der Waals surface area contributed by atoms with Crippen molar-refractivity contribution in [1.82, 2.24) is 4.90 Å². The van der Waals surface area contributed by atoms with Crippen LogP contribution < -0.4 is 9.47 Å². The van der Waals surface area contributed by atoms with Crippen LogP contribution in [0.3, 0.4) is 0 Å². The highest BCUT2D eigenvalue weighted by atomic mass is 19.4. The molecule has 1 aliphatic rings. The van der Waals surface area contributed by atoms with E-state index in [-0.39, 0.29) is 12.6 Å². The van der Waals surface area contributed by atoms with E-state index in [9.17, 15) is 22.8 Å². The van der Waals surface area contributed by atoms with Gasteiger partial charge in [0.25, 0.3) is 0 Å². The lowest BCUT2D eigenvalue weighted by molar-refractivity contribution is -0.202. The zero-order valence-electron chi connectivity index (χ0n) is 23.9. The number of alkyl halides is 3. The summed E-state index contributed by atoms with van der Waals surface area (Å²) in [6.07, 6.45) is -4.90. The third-order valence-corrected chi connectivity index (χ3v) is 7.45. The maximum absolute atomic E-state index is 12.5. The van der Waals surface area contributed by atoms with Gasteiger partial charge in [-0.1, -0.05) is 97.1 Å². The zero-order chi connectivity index (χ0) is 30.9.